The van der Waals surface area contributed by atoms with E-state index in [2.05, 4.69) is 26.1 Å². The third-order valence-corrected chi connectivity index (χ3v) is 3.32. The van der Waals surface area contributed by atoms with Crippen molar-refractivity contribution in [3.63, 3.8) is 0 Å². The zero-order chi connectivity index (χ0) is 10.7. The molecule has 0 saturated carbocycles. The predicted molar refractivity (Wildman–Crippen MR) is 63.7 cm³/mol. The van der Waals surface area contributed by atoms with Gasteiger partial charge in [0, 0.05) is 4.47 Å². The molecule has 78 valence electrons. The molecule has 0 aliphatic carbocycles. The summed E-state index contributed by atoms with van der Waals surface area (Å²) >= 11 is 10.3. The summed E-state index contributed by atoms with van der Waals surface area (Å²) in [7, 11) is 0. The lowest BCUT2D eigenvalue weighted by Gasteiger charge is -1.99. The van der Waals surface area contributed by atoms with Gasteiger partial charge in [0.05, 0.1) is 5.88 Å². The van der Waals surface area contributed by atoms with Gasteiger partial charge in [0.25, 0.3) is 5.19 Å². The molecule has 0 aliphatic rings. The summed E-state index contributed by atoms with van der Waals surface area (Å²) < 4.78 is 6.49. The second-order valence-electron chi connectivity index (χ2n) is 2.65. The lowest BCUT2D eigenvalue weighted by molar-refractivity contribution is 0.473. The predicted octanol–water partition coefficient (Wildman–Crippen LogP) is 3.83. The maximum Gasteiger partial charge on any atom is 0.299 e. The lowest BCUT2D eigenvalue weighted by Crippen LogP contribution is -1.82. The van der Waals surface area contributed by atoms with Gasteiger partial charge in [0.15, 0.2) is 0 Å². The molecule has 0 unspecified atom stereocenters. The van der Waals surface area contributed by atoms with Gasteiger partial charge >= 0.3 is 0 Å². The van der Waals surface area contributed by atoms with Crippen LogP contribution in [0, 0.1) is 0 Å². The van der Waals surface area contributed by atoms with Gasteiger partial charge in [0.2, 0.25) is 0 Å². The second kappa shape index (κ2) is 4.92. The first-order chi connectivity index (χ1) is 7.28. The topological polar surface area (TPSA) is 35.0 Å². The average molecular weight is 306 g/mol. The van der Waals surface area contributed by atoms with E-state index in [1.54, 1.807) is 0 Å². The molecule has 0 spiro atoms. The number of rotatable bonds is 3. The van der Waals surface area contributed by atoms with E-state index in [1.165, 1.54) is 11.3 Å². The lowest BCUT2D eigenvalue weighted by atomic mass is 10.3. The molecule has 1 heterocycles. The molecule has 0 bridgehead atoms. The highest BCUT2D eigenvalue weighted by molar-refractivity contribution is 9.10. The number of hydrogen-bond donors (Lipinski definition) is 0. The first kappa shape index (κ1) is 10.9. The zero-order valence-electron chi connectivity index (χ0n) is 7.48. The van der Waals surface area contributed by atoms with E-state index < -0.39 is 0 Å². The molecular formula is C9H6BrClN2OS. The molecule has 1 aromatic heterocycles. The summed E-state index contributed by atoms with van der Waals surface area (Å²) in [5, 5.41) is 8.97. The number of benzene rings is 1. The first-order valence-corrected chi connectivity index (χ1v) is 6.24. The Hall–Kier alpha value is -0.650. The van der Waals surface area contributed by atoms with Crippen molar-refractivity contribution in [1.29, 1.82) is 0 Å². The third-order valence-electron chi connectivity index (χ3n) is 1.58. The van der Waals surface area contributed by atoms with Gasteiger partial charge in [0.1, 0.15) is 10.8 Å². The van der Waals surface area contributed by atoms with Crippen LogP contribution in [0.1, 0.15) is 5.01 Å². The Labute approximate surface area is 104 Å². The molecule has 15 heavy (non-hydrogen) atoms. The van der Waals surface area contributed by atoms with Crippen LogP contribution in [0.2, 0.25) is 0 Å². The number of alkyl halides is 1. The smallest absolute Gasteiger partial charge is 0.299 e. The number of ether oxygens (including phenoxy) is 1. The van der Waals surface area contributed by atoms with Crippen LogP contribution in [-0.4, -0.2) is 10.2 Å². The molecule has 0 radical (unpaired) electrons. The number of hydrogen-bond acceptors (Lipinski definition) is 4. The Morgan fingerprint density at radius 1 is 1.27 bits per heavy atom. The summed E-state index contributed by atoms with van der Waals surface area (Å²) in [5.41, 5.74) is 0. The average Bonchev–Trinajstić information content (AvgIpc) is 2.69. The zero-order valence-corrected chi connectivity index (χ0v) is 10.6. The van der Waals surface area contributed by atoms with Crippen LogP contribution in [-0.2, 0) is 5.88 Å². The Balaban J connectivity index is 2.11. The summed E-state index contributed by atoms with van der Waals surface area (Å²) in [4.78, 5) is 0. The van der Waals surface area contributed by atoms with Crippen molar-refractivity contribution in [2.75, 3.05) is 0 Å². The standard InChI is InChI=1S/C9H6BrClN2OS/c10-6-1-3-7(4-2-6)14-9-13-12-8(5-11)15-9/h1-4H,5H2. The summed E-state index contributed by atoms with van der Waals surface area (Å²) in [6, 6.07) is 7.51. The first-order valence-electron chi connectivity index (χ1n) is 4.09. The fourth-order valence-corrected chi connectivity index (χ4v) is 1.98. The minimum atomic E-state index is 0.362. The van der Waals surface area contributed by atoms with Gasteiger partial charge in [-0.05, 0) is 24.3 Å². The molecule has 2 rings (SSSR count). The summed E-state index contributed by atoms with van der Waals surface area (Å²) in [5.74, 6) is 1.09. The minimum Gasteiger partial charge on any atom is -0.430 e. The largest absolute Gasteiger partial charge is 0.430 e. The molecule has 6 heteroatoms. The molecule has 0 amide bonds. The van der Waals surface area contributed by atoms with Crippen LogP contribution in [0.3, 0.4) is 0 Å². The van der Waals surface area contributed by atoms with Crippen molar-refractivity contribution in [2.24, 2.45) is 0 Å². The van der Waals surface area contributed by atoms with Gasteiger partial charge < -0.3 is 4.74 Å². The van der Waals surface area contributed by atoms with Gasteiger partial charge in [-0.1, -0.05) is 32.4 Å². The van der Waals surface area contributed by atoms with E-state index in [0.29, 0.717) is 11.1 Å². The monoisotopic (exact) mass is 304 g/mol. The van der Waals surface area contributed by atoms with Crippen LogP contribution < -0.4 is 4.74 Å². The molecule has 0 aliphatic heterocycles. The number of halogens is 2. The Morgan fingerprint density at radius 2 is 2.00 bits per heavy atom. The van der Waals surface area contributed by atoms with E-state index in [0.717, 1.165) is 15.2 Å². The van der Waals surface area contributed by atoms with Crippen LogP contribution in [0.15, 0.2) is 28.7 Å². The summed E-state index contributed by atoms with van der Waals surface area (Å²) in [6.07, 6.45) is 0. The van der Waals surface area contributed by atoms with E-state index >= 15 is 0 Å². The minimum absolute atomic E-state index is 0.362. The molecule has 2 aromatic rings. The van der Waals surface area contributed by atoms with Crippen molar-refractivity contribution >= 4 is 38.9 Å². The fraction of sp³-hybridized carbons (Fsp3) is 0.111. The van der Waals surface area contributed by atoms with Crippen molar-refractivity contribution in [3.8, 4) is 10.9 Å². The molecule has 0 fully saturated rings. The maximum absolute atomic E-state index is 5.61. The second-order valence-corrected chi connectivity index (χ2v) is 4.86. The number of aromatic nitrogens is 2. The SMILES string of the molecule is ClCc1nnc(Oc2ccc(Br)cc2)s1. The molecule has 0 N–H and O–H groups in total. The highest BCUT2D eigenvalue weighted by Gasteiger charge is 2.04. The van der Waals surface area contributed by atoms with E-state index in [4.69, 9.17) is 16.3 Å². The molecule has 0 atom stereocenters. The quantitative estimate of drug-likeness (QED) is 0.808. The van der Waals surface area contributed by atoms with Gasteiger partial charge in [-0.3, -0.25) is 0 Å². The summed E-state index contributed by atoms with van der Waals surface area (Å²) in [6.45, 7) is 0. The molecule has 1 aromatic carbocycles. The Kier molecular flexibility index (Phi) is 3.56. The Morgan fingerprint density at radius 3 is 2.60 bits per heavy atom. The normalized spacial score (nSPS) is 10.3. The maximum atomic E-state index is 5.61. The fourth-order valence-electron chi connectivity index (χ4n) is 0.937. The van der Waals surface area contributed by atoms with Crippen LogP contribution in [0.4, 0.5) is 0 Å². The Bertz CT molecular complexity index is 446. The van der Waals surface area contributed by atoms with Crippen molar-refractivity contribution in [3.05, 3.63) is 33.7 Å². The van der Waals surface area contributed by atoms with Gasteiger partial charge in [-0.2, -0.15) is 0 Å². The van der Waals surface area contributed by atoms with E-state index in [-0.39, 0.29) is 0 Å². The molecule has 0 saturated heterocycles. The molecular weight excluding hydrogens is 300 g/mol. The van der Waals surface area contributed by atoms with Gasteiger partial charge in [-0.25, -0.2) is 0 Å². The van der Waals surface area contributed by atoms with Crippen molar-refractivity contribution in [1.82, 2.24) is 10.2 Å². The van der Waals surface area contributed by atoms with Gasteiger partial charge in [-0.15, -0.1) is 16.7 Å². The highest BCUT2D eigenvalue weighted by atomic mass is 79.9. The van der Waals surface area contributed by atoms with Crippen LogP contribution in [0.5, 0.6) is 10.9 Å². The third kappa shape index (κ3) is 2.90. The van der Waals surface area contributed by atoms with Crippen molar-refractivity contribution in [2.45, 2.75) is 5.88 Å². The molecule has 3 nitrogen and oxygen atoms in total. The van der Waals surface area contributed by atoms with Crippen molar-refractivity contribution < 1.29 is 4.74 Å². The van der Waals surface area contributed by atoms with Crippen LogP contribution in [0.25, 0.3) is 0 Å². The van der Waals surface area contributed by atoms with Crippen LogP contribution >= 0.6 is 38.9 Å². The van der Waals surface area contributed by atoms with E-state index in [1.807, 2.05) is 24.3 Å². The highest BCUT2D eigenvalue weighted by Crippen LogP contribution is 2.26. The van der Waals surface area contributed by atoms with E-state index in [9.17, 15) is 0 Å². The number of nitrogens with zero attached hydrogens (tertiary/aromatic N) is 2.